The molecule has 1 atom stereocenters. The minimum Gasteiger partial charge on any atom is -0.475 e. The van der Waals surface area contributed by atoms with Gasteiger partial charge in [-0.1, -0.05) is 0 Å². The van der Waals surface area contributed by atoms with Crippen molar-refractivity contribution in [1.82, 2.24) is 4.90 Å². The van der Waals surface area contributed by atoms with E-state index in [9.17, 15) is 4.79 Å². The van der Waals surface area contributed by atoms with E-state index in [2.05, 4.69) is 11.8 Å². The first-order valence-corrected chi connectivity index (χ1v) is 6.66. The van der Waals surface area contributed by atoms with Gasteiger partial charge < -0.3 is 14.3 Å². The SMILES string of the molecule is COCCN(Cc1ccc(C(=O)O)o1)C(C)C1CC1. The van der Waals surface area contributed by atoms with Gasteiger partial charge in [-0.2, -0.15) is 0 Å². The van der Waals surface area contributed by atoms with Crippen molar-refractivity contribution in [1.29, 1.82) is 0 Å². The Morgan fingerprint density at radius 2 is 2.32 bits per heavy atom. The van der Waals surface area contributed by atoms with Crippen LogP contribution >= 0.6 is 0 Å². The predicted octanol–water partition coefficient (Wildman–Crippen LogP) is 2.22. The first-order chi connectivity index (χ1) is 9.11. The van der Waals surface area contributed by atoms with Crippen LogP contribution in [0.25, 0.3) is 0 Å². The second-order valence-corrected chi connectivity index (χ2v) is 5.11. The molecule has 1 fully saturated rings. The van der Waals surface area contributed by atoms with Gasteiger partial charge in [0.2, 0.25) is 5.76 Å². The van der Waals surface area contributed by atoms with E-state index in [1.54, 1.807) is 13.2 Å². The van der Waals surface area contributed by atoms with Crippen LogP contribution in [0, 0.1) is 5.92 Å². The average molecular weight is 267 g/mol. The number of carboxylic acids is 1. The van der Waals surface area contributed by atoms with Crippen molar-refractivity contribution in [3.05, 3.63) is 23.7 Å². The van der Waals surface area contributed by atoms with Crippen molar-refractivity contribution < 1.29 is 19.1 Å². The minimum atomic E-state index is -1.02. The highest BCUT2D eigenvalue weighted by Gasteiger charge is 2.32. The molecule has 0 bridgehead atoms. The molecule has 1 unspecified atom stereocenters. The number of methoxy groups -OCH3 is 1. The number of furan rings is 1. The van der Waals surface area contributed by atoms with Gasteiger partial charge in [0.25, 0.3) is 0 Å². The van der Waals surface area contributed by atoms with E-state index < -0.39 is 5.97 Å². The molecule has 1 saturated carbocycles. The Morgan fingerprint density at radius 3 is 2.84 bits per heavy atom. The monoisotopic (exact) mass is 267 g/mol. The Morgan fingerprint density at radius 1 is 1.58 bits per heavy atom. The standard InChI is InChI=1S/C14H21NO4/c1-10(11-3-4-11)15(7-8-18-2)9-12-5-6-13(19-12)14(16)17/h5-6,10-11H,3-4,7-9H2,1-2H3,(H,16,17). The highest BCUT2D eigenvalue weighted by Crippen LogP contribution is 2.35. The number of nitrogens with zero attached hydrogens (tertiary/aromatic N) is 1. The first-order valence-electron chi connectivity index (χ1n) is 6.66. The van der Waals surface area contributed by atoms with E-state index in [4.69, 9.17) is 14.3 Å². The summed E-state index contributed by atoms with van der Waals surface area (Å²) in [6.45, 7) is 4.35. The van der Waals surface area contributed by atoms with Crippen molar-refractivity contribution in [3.8, 4) is 0 Å². The number of aromatic carboxylic acids is 1. The summed E-state index contributed by atoms with van der Waals surface area (Å²) in [4.78, 5) is 13.1. The molecule has 1 aliphatic carbocycles. The van der Waals surface area contributed by atoms with Gasteiger partial charge in [0.15, 0.2) is 0 Å². The fourth-order valence-corrected chi connectivity index (χ4v) is 2.29. The molecule has 1 aliphatic rings. The lowest BCUT2D eigenvalue weighted by atomic mass is 10.2. The van der Waals surface area contributed by atoms with Crippen LogP contribution in [0.15, 0.2) is 16.5 Å². The van der Waals surface area contributed by atoms with Crippen molar-refractivity contribution in [3.63, 3.8) is 0 Å². The van der Waals surface area contributed by atoms with Crippen LogP contribution in [0.3, 0.4) is 0 Å². The van der Waals surface area contributed by atoms with Crippen molar-refractivity contribution in [2.45, 2.75) is 32.4 Å². The normalized spacial score (nSPS) is 16.8. The van der Waals surface area contributed by atoms with E-state index >= 15 is 0 Å². The quantitative estimate of drug-likeness (QED) is 0.782. The Balaban J connectivity index is 1.98. The molecule has 1 heterocycles. The van der Waals surface area contributed by atoms with Gasteiger partial charge >= 0.3 is 5.97 Å². The molecular formula is C14H21NO4. The number of hydrogen-bond donors (Lipinski definition) is 1. The fourth-order valence-electron chi connectivity index (χ4n) is 2.29. The second kappa shape index (κ2) is 6.21. The van der Waals surface area contributed by atoms with Crippen molar-refractivity contribution >= 4 is 5.97 Å². The van der Waals surface area contributed by atoms with Crippen LogP contribution in [0.4, 0.5) is 0 Å². The maximum atomic E-state index is 10.8. The number of ether oxygens (including phenoxy) is 1. The van der Waals surface area contributed by atoms with Gasteiger partial charge in [0.05, 0.1) is 13.2 Å². The maximum absolute atomic E-state index is 10.8. The fraction of sp³-hybridized carbons (Fsp3) is 0.643. The van der Waals surface area contributed by atoms with Crippen LogP contribution in [0.5, 0.6) is 0 Å². The van der Waals surface area contributed by atoms with Gasteiger partial charge in [0, 0.05) is 19.7 Å². The molecular weight excluding hydrogens is 246 g/mol. The summed E-state index contributed by atoms with van der Waals surface area (Å²) in [7, 11) is 1.69. The second-order valence-electron chi connectivity index (χ2n) is 5.11. The Kier molecular flexibility index (Phi) is 4.61. The molecule has 0 aromatic carbocycles. The third-order valence-electron chi connectivity index (χ3n) is 3.69. The zero-order chi connectivity index (χ0) is 13.8. The van der Waals surface area contributed by atoms with Crippen LogP contribution < -0.4 is 0 Å². The van der Waals surface area contributed by atoms with Crippen LogP contribution in [0.1, 0.15) is 36.1 Å². The van der Waals surface area contributed by atoms with Crippen LogP contribution in [0.2, 0.25) is 0 Å². The number of rotatable bonds is 8. The average Bonchev–Trinajstić information content (AvgIpc) is 3.13. The van der Waals surface area contributed by atoms with Gasteiger partial charge in [-0.05, 0) is 37.8 Å². The van der Waals surface area contributed by atoms with E-state index in [0.29, 0.717) is 25.0 Å². The topological polar surface area (TPSA) is 62.9 Å². The largest absolute Gasteiger partial charge is 0.475 e. The Hall–Kier alpha value is -1.33. The molecule has 5 heteroatoms. The zero-order valence-electron chi connectivity index (χ0n) is 11.5. The summed E-state index contributed by atoms with van der Waals surface area (Å²) in [6.07, 6.45) is 2.56. The van der Waals surface area contributed by atoms with E-state index in [-0.39, 0.29) is 5.76 Å². The molecule has 1 aromatic heterocycles. The smallest absolute Gasteiger partial charge is 0.371 e. The molecule has 106 valence electrons. The molecule has 0 amide bonds. The summed E-state index contributed by atoms with van der Waals surface area (Å²) in [5, 5.41) is 8.85. The van der Waals surface area contributed by atoms with Crippen molar-refractivity contribution in [2.75, 3.05) is 20.3 Å². The van der Waals surface area contributed by atoms with E-state index in [1.165, 1.54) is 18.9 Å². The molecule has 5 nitrogen and oxygen atoms in total. The zero-order valence-corrected chi connectivity index (χ0v) is 11.5. The van der Waals surface area contributed by atoms with E-state index in [0.717, 1.165) is 12.5 Å². The summed E-state index contributed by atoms with van der Waals surface area (Å²) in [6, 6.07) is 3.73. The number of hydrogen-bond acceptors (Lipinski definition) is 4. The third kappa shape index (κ3) is 3.81. The van der Waals surface area contributed by atoms with Gasteiger partial charge in [-0.15, -0.1) is 0 Å². The molecule has 1 N–H and O–H groups in total. The minimum absolute atomic E-state index is 0.000710. The lowest BCUT2D eigenvalue weighted by molar-refractivity contribution is 0.0653. The third-order valence-corrected chi connectivity index (χ3v) is 3.69. The molecule has 0 radical (unpaired) electrons. The molecule has 1 aromatic rings. The highest BCUT2D eigenvalue weighted by molar-refractivity contribution is 5.84. The van der Waals surface area contributed by atoms with Gasteiger partial charge in [-0.25, -0.2) is 4.79 Å². The maximum Gasteiger partial charge on any atom is 0.371 e. The van der Waals surface area contributed by atoms with Gasteiger partial charge in [-0.3, -0.25) is 4.90 Å². The van der Waals surface area contributed by atoms with Crippen molar-refractivity contribution in [2.24, 2.45) is 5.92 Å². The summed E-state index contributed by atoms with van der Waals surface area (Å²) in [5.41, 5.74) is 0. The summed E-state index contributed by atoms with van der Waals surface area (Å²) >= 11 is 0. The molecule has 0 saturated heterocycles. The Labute approximate surface area is 113 Å². The summed E-state index contributed by atoms with van der Waals surface area (Å²) in [5.74, 6) is 0.428. The number of carboxylic acid groups (broad SMARTS) is 1. The number of carbonyl (C=O) groups is 1. The molecule has 2 rings (SSSR count). The first kappa shape index (κ1) is 14.1. The Bertz CT molecular complexity index is 425. The molecule has 19 heavy (non-hydrogen) atoms. The lowest BCUT2D eigenvalue weighted by Crippen LogP contribution is -2.36. The highest BCUT2D eigenvalue weighted by atomic mass is 16.5. The molecule has 0 aliphatic heterocycles. The molecule has 0 spiro atoms. The predicted molar refractivity (Wildman–Crippen MR) is 70.1 cm³/mol. The lowest BCUT2D eigenvalue weighted by Gasteiger charge is -2.28. The van der Waals surface area contributed by atoms with Crippen LogP contribution in [-0.4, -0.2) is 42.3 Å². The van der Waals surface area contributed by atoms with Gasteiger partial charge in [0.1, 0.15) is 5.76 Å². The van der Waals surface area contributed by atoms with E-state index in [1.807, 2.05) is 0 Å². The van der Waals surface area contributed by atoms with Crippen LogP contribution in [-0.2, 0) is 11.3 Å². The summed E-state index contributed by atoms with van der Waals surface area (Å²) < 4.78 is 10.5.